The van der Waals surface area contributed by atoms with Crippen LogP contribution in [-0.4, -0.2) is 48.4 Å². The number of aromatic nitrogens is 1. The first-order valence-electron chi connectivity index (χ1n) is 12.6. The number of benzene rings is 1. The van der Waals surface area contributed by atoms with E-state index in [9.17, 15) is 14.3 Å². The molecule has 0 bridgehead atoms. The Balaban J connectivity index is 1.50. The zero-order valence-corrected chi connectivity index (χ0v) is 22.2. The Morgan fingerprint density at radius 2 is 2.06 bits per heavy atom. The molecule has 2 heterocycles. The van der Waals surface area contributed by atoms with Crippen molar-refractivity contribution in [3.63, 3.8) is 0 Å². The van der Waals surface area contributed by atoms with Gasteiger partial charge < -0.3 is 20.5 Å². The minimum Gasteiger partial charge on any atom is -0.471 e. The van der Waals surface area contributed by atoms with Gasteiger partial charge in [-0.3, -0.25) is 4.79 Å². The fourth-order valence-corrected chi connectivity index (χ4v) is 6.63. The van der Waals surface area contributed by atoms with Crippen molar-refractivity contribution in [1.29, 1.82) is 0 Å². The van der Waals surface area contributed by atoms with Gasteiger partial charge in [0.2, 0.25) is 11.8 Å². The van der Waals surface area contributed by atoms with Crippen LogP contribution in [0.15, 0.2) is 36.5 Å². The molecular formula is C27H38FN3O3Si. The van der Waals surface area contributed by atoms with E-state index < -0.39 is 20.2 Å². The monoisotopic (exact) mass is 499 g/mol. The SMILES string of the molecule is CC(=O)N[C@@H](Cc1cccc(F)c1)[C@H](O)CN[C@H]1CC2(CCC2)Oc2ncc(C[Si](C)(C)C)cc21. The van der Waals surface area contributed by atoms with Crippen LogP contribution in [0.3, 0.4) is 0 Å². The summed E-state index contributed by atoms with van der Waals surface area (Å²) < 4.78 is 20.1. The Labute approximate surface area is 208 Å². The van der Waals surface area contributed by atoms with E-state index in [0.29, 0.717) is 18.8 Å². The van der Waals surface area contributed by atoms with E-state index in [2.05, 4.69) is 36.3 Å². The Morgan fingerprint density at radius 1 is 1.29 bits per heavy atom. The number of aliphatic hydroxyl groups excluding tert-OH is 1. The number of hydrogen-bond acceptors (Lipinski definition) is 5. The molecule has 1 fully saturated rings. The predicted molar refractivity (Wildman–Crippen MR) is 138 cm³/mol. The summed E-state index contributed by atoms with van der Waals surface area (Å²) >= 11 is 0. The highest BCUT2D eigenvalue weighted by molar-refractivity contribution is 6.75. The van der Waals surface area contributed by atoms with Gasteiger partial charge in [0.1, 0.15) is 11.4 Å². The van der Waals surface area contributed by atoms with E-state index in [1.165, 1.54) is 24.6 Å². The van der Waals surface area contributed by atoms with Crippen LogP contribution in [0.25, 0.3) is 0 Å². The Morgan fingerprint density at radius 3 is 2.69 bits per heavy atom. The van der Waals surface area contributed by atoms with Gasteiger partial charge in [-0.25, -0.2) is 9.37 Å². The second kappa shape index (κ2) is 10.4. The maximum Gasteiger partial charge on any atom is 0.218 e. The summed E-state index contributed by atoms with van der Waals surface area (Å²) in [4.78, 5) is 16.5. The number of hydrogen-bond donors (Lipinski definition) is 3. The molecule has 6 nitrogen and oxygen atoms in total. The molecule has 1 aromatic carbocycles. The molecule has 4 rings (SSSR count). The first-order chi connectivity index (χ1) is 16.5. The third kappa shape index (κ3) is 6.68. The van der Waals surface area contributed by atoms with Crippen LogP contribution in [0, 0.1) is 5.82 Å². The fourth-order valence-electron chi connectivity index (χ4n) is 5.21. The second-order valence-electron chi connectivity index (χ2n) is 11.5. The lowest BCUT2D eigenvalue weighted by Gasteiger charge is -2.47. The summed E-state index contributed by atoms with van der Waals surface area (Å²) in [6.07, 6.45) is 5.46. The van der Waals surface area contributed by atoms with Crippen molar-refractivity contribution in [3.8, 4) is 5.88 Å². The number of nitrogens with zero attached hydrogens (tertiary/aromatic N) is 1. The van der Waals surface area contributed by atoms with Crippen molar-refractivity contribution in [3.05, 3.63) is 59.0 Å². The number of rotatable bonds is 9. The van der Waals surface area contributed by atoms with Crippen molar-refractivity contribution in [1.82, 2.24) is 15.6 Å². The molecule has 35 heavy (non-hydrogen) atoms. The lowest BCUT2D eigenvalue weighted by Crippen LogP contribution is -2.52. The molecule has 1 spiro atoms. The number of fused-ring (bicyclic) bond motifs is 1. The molecule has 8 heteroatoms. The largest absolute Gasteiger partial charge is 0.471 e. The van der Waals surface area contributed by atoms with Gasteiger partial charge in [-0.1, -0.05) is 31.8 Å². The number of pyridine rings is 1. The molecule has 0 saturated heterocycles. The van der Waals surface area contributed by atoms with Crippen molar-refractivity contribution in [2.24, 2.45) is 0 Å². The lowest BCUT2D eigenvalue weighted by molar-refractivity contribution is -0.120. The van der Waals surface area contributed by atoms with E-state index in [0.717, 1.165) is 42.9 Å². The first-order valence-corrected chi connectivity index (χ1v) is 16.3. The molecule has 2 aromatic rings. The van der Waals surface area contributed by atoms with Gasteiger partial charge in [0.05, 0.1) is 12.1 Å². The Kier molecular flexibility index (Phi) is 7.64. The van der Waals surface area contributed by atoms with E-state index in [-0.39, 0.29) is 23.4 Å². The van der Waals surface area contributed by atoms with Crippen molar-refractivity contribution < 1.29 is 19.0 Å². The molecule has 1 aliphatic heterocycles. The lowest BCUT2D eigenvalue weighted by atomic mass is 9.73. The number of carbonyl (C=O) groups excluding carboxylic acids is 1. The zero-order valence-electron chi connectivity index (χ0n) is 21.2. The average Bonchev–Trinajstić information content (AvgIpc) is 2.74. The van der Waals surface area contributed by atoms with Crippen molar-refractivity contribution >= 4 is 14.0 Å². The zero-order chi connectivity index (χ0) is 25.2. The maximum absolute atomic E-state index is 13.7. The predicted octanol–water partition coefficient (Wildman–Crippen LogP) is 4.08. The van der Waals surface area contributed by atoms with Crippen molar-refractivity contribution in [2.45, 2.75) is 88.5 Å². The molecule has 2 aliphatic rings. The van der Waals surface area contributed by atoms with Crippen LogP contribution >= 0.6 is 0 Å². The molecular weight excluding hydrogens is 461 g/mol. The second-order valence-corrected chi connectivity index (χ2v) is 17.0. The van der Waals surface area contributed by atoms with Gasteiger partial charge in [-0.15, -0.1) is 0 Å². The molecule has 3 N–H and O–H groups in total. The highest BCUT2D eigenvalue weighted by Gasteiger charge is 2.46. The van der Waals surface area contributed by atoms with Gasteiger partial charge in [0, 0.05) is 45.8 Å². The number of ether oxygens (including phenoxy) is 1. The van der Waals surface area contributed by atoms with Gasteiger partial charge in [-0.05, 0) is 61.1 Å². The van der Waals surface area contributed by atoms with Crippen LogP contribution in [0.1, 0.15) is 55.3 Å². The summed E-state index contributed by atoms with van der Waals surface area (Å²) in [5, 5.41) is 17.5. The highest BCUT2D eigenvalue weighted by Crippen LogP contribution is 2.48. The van der Waals surface area contributed by atoms with E-state index in [1.54, 1.807) is 12.1 Å². The summed E-state index contributed by atoms with van der Waals surface area (Å²) in [7, 11) is -1.31. The quantitative estimate of drug-likeness (QED) is 0.453. The molecule has 1 amide bonds. The maximum atomic E-state index is 13.7. The van der Waals surface area contributed by atoms with Crippen LogP contribution in [0.2, 0.25) is 19.6 Å². The average molecular weight is 500 g/mol. The third-order valence-electron chi connectivity index (χ3n) is 6.97. The number of carbonyl (C=O) groups is 1. The van der Waals surface area contributed by atoms with Gasteiger partial charge in [0.25, 0.3) is 0 Å². The summed E-state index contributed by atoms with van der Waals surface area (Å²) in [5.41, 5.74) is 2.83. The minimum atomic E-state index is -1.31. The molecule has 190 valence electrons. The van der Waals surface area contributed by atoms with Crippen molar-refractivity contribution in [2.75, 3.05) is 6.54 Å². The van der Waals surface area contributed by atoms with E-state index >= 15 is 0 Å². The molecule has 0 radical (unpaired) electrons. The number of amides is 1. The summed E-state index contributed by atoms with van der Waals surface area (Å²) in [6, 6.07) is 9.01. The molecule has 1 saturated carbocycles. The highest BCUT2D eigenvalue weighted by atomic mass is 28.3. The smallest absolute Gasteiger partial charge is 0.218 e. The molecule has 3 atom stereocenters. The van der Waals surface area contributed by atoms with Gasteiger partial charge in [-0.2, -0.15) is 0 Å². The number of nitrogens with one attached hydrogen (secondary N) is 2. The minimum absolute atomic E-state index is 0.00920. The van der Waals surface area contributed by atoms with Crippen LogP contribution in [-0.2, 0) is 17.3 Å². The fraction of sp³-hybridized carbons (Fsp3) is 0.556. The standard InChI is InChI=1S/C27H38FN3O3Si/c1-18(32)31-23(13-19-7-5-8-21(28)11-19)25(33)16-29-24-14-27(9-6-10-27)34-26-22(24)12-20(15-30-26)17-35(2,3)4/h5,7-8,11-12,15,23-25,29,33H,6,9-10,13-14,16-17H2,1-4H3,(H,31,32)/t23-,24-,25+/m0/s1. The Hall–Kier alpha value is -2.29. The molecule has 1 aliphatic carbocycles. The summed E-state index contributed by atoms with van der Waals surface area (Å²) in [5.74, 6) is 0.138. The number of halogens is 1. The number of aliphatic hydroxyl groups is 1. The van der Waals surface area contributed by atoms with Gasteiger partial charge >= 0.3 is 0 Å². The first kappa shape index (κ1) is 25.8. The van der Waals surface area contributed by atoms with E-state index in [4.69, 9.17) is 9.72 Å². The molecule has 1 aromatic heterocycles. The van der Waals surface area contributed by atoms with Gasteiger partial charge in [0.15, 0.2) is 0 Å². The molecule has 0 unspecified atom stereocenters. The van der Waals surface area contributed by atoms with Crippen LogP contribution < -0.4 is 15.4 Å². The topological polar surface area (TPSA) is 83.5 Å². The third-order valence-corrected chi connectivity index (χ3v) is 8.44. The normalized spacial score (nSPS) is 20.3. The van der Waals surface area contributed by atoms with Crippen LogP contribution in [0.4, 0.5) is 4.39 Å². The Bertz CT molecular complexity index is 1050. The van der Waals surface area contributed by atoms with E-state index in [1.807, 2.05) is 6.20 Å². The summed E-state index contributed by atoms with van der Waals surface area (Å²) in [6.45, 7) is 8.76. The van der Waals surface area contributed by atoms with Crippen LogP contribution in [0.5, 0.6) is 5.88 Å².